The van der Waals surface area contributed by atoms with Crippen LogP contribution in [0, 0.1) is 11.8 Å². The van der Waals surface area contributed by atoms with Crippen molar-refractivity contribution >= 4 is 16.8 Å². The lowest BCUT2D eigenvalue weighted by molar-refractivity contribution is 0.0943. The fourth-order valence-electron chi connectivity index (χ4n) is 2.77. The van der Waals surface area contributed by atoms with E-state index in [9.17, 15) is 4.79 Å². The molecule has 1 unspecified atom stereocenters. The molecule has 114 valence electrons. The predicted octanol–water partition coefficient (Wildman–Crippen LogP) is 2.94. The number of H-pyrrole nitrogens is 1. The van der Waals surface area contributed by atoms with Crippen molar-refractivity contribution in [1.82, 2.24) is 10.3 Å². The molecule has 0 radical (unpaired) electrons. The number of benzene rings is 1. The molecule has 0 aliphatic heterocycles. The third-order valence-corrected chi connectivity index (χ3v) is 3.73. The molecule has 1 amide bonds. The molecule has 1 aromatic heterocycles. The third kappa shape index (κ3) is 4.08. The Morgan fingerprint density at radius 3 is 2.86 bits per heavy atom. The molecule has 0 saturated heterocycles. The van der Waals surface area contributed by atoms with E-state index in [1.807, 2.05) is 30.5 Å². The minimum absolute atomic E-state index is 0.0492. The highest BCUT2D eigenvalue weighted by molar-refractivity contribution is 6.06. The first kappa shape index (κ1) is 15.6. The van der Waals surface area contributed by atoms with Crippen LogP contribution in [0.25, 0.3) is 10.9 Å². The largest absolute Gasteiger partial charge is 0.396 e. The second kappa shape index (κ2) is 7.27. The maximum absolute atomic E-state index is 12.4. The fraction of sp³-hybridized carbons (Fsp3) is 0.471. The summed E-state index contributed by atoms with van der Waals surface area (Å²) in [5.41, 5.74) is 1.66. The Labute approximate surface area is 125 Å². The lowest BCUT2D eigenvalue weighted by Gasteiger charge is -2.18. The van der Waals surface area contributed by atoms with Crippen LogP contribution in [0.15, 0.2) is 30.5 Å². The van der Waals surface area contributed by atoms with Gasteiger partial charge in [0.1, 0.15) is 0 Å². The van der Waals surface area contributed by atoms with Crippen molar-refractivity contribution in [2.24, 2.45) is 11.8 Å². The van der Waals surface area contributed by atoms with Crippen molar-refractivity contribution in [3.8, 4) is 0 Å². The molecule has 2 rings (SSSR count). The molecule has 0 spiro atoms. The number of carbonyl (C=O) groups excluding carboxylic acids is 1. The third-order valence-electron chi connectivity index (χ3n) is 3.73. The predicted molar refractivity (Wildman–Crippen MR) is 85.3 cm³/mol. The fourth-order valence-corrected chi connectivity index (χ4v) is 2.77. The molecule has 21 heavy (non-hydrogen) atoms. The summed E-state index contributed by atoms with van der Waals surface area (Å²) in [5, 5.41) is 13.1. The molecule has 4 nitrogen and oxygen atoms in total. The van der Waals surface area contributed by atoms with E-state index in [2.05, 4.69) is 24.1 Å². The van der Waals surface area contributed by atoms with Crippen molar-refractivity contribution in [2.45, 2.75) is 26.7 Å². The van der Waals surface area contributed by atoms with Crippen molar-refractivity contribution in [3.63, 3.8) is 0 Å². The molecule has 2 aromatic rings. The summed E-state index contributed by atoms with van der Waals surface area (Å²) in [7, 11) is 0. The van der Waals surface area contributed by atoms with Crippen LogP contribution in [0.1, 0.15) is 37.0 Å². The van der Waals surface area contributed by atoms with E-state index in [-0.39, 0.29) is 12.5 Å². The van der Waals surface area contributed by atoms with Crippen LogP contribution in [0.5, 0.6) is 0 Å². The Morgan fingerprint density at radius 1 is 1.33 bits per heavy atom. The summed E-state index contributed by atoms with van der Waals surface area (Å²) in [6.07, 6.45) is 3.58. The van der Waals surface area contributed by atoms with Crippen LogP contribution in [-0.4, -0.2) is 29.1 Å². The number of hydrogen-bond acceptors (Lipinski definition) is 2. The molecule has 0 aliphatic rings. The molecule has 4 heteroatoms. The zero-order valence-electron chi connectivity index (χ0n) is 12.7. The second-order valence-corrected chi connectivity index (χ2v) is 5.96. The summed E-state index contributed by atoms with van der Waals surface area (Å²) in [4.78, 5) is 15.5. The van der Waals surface area contributed by atoms with E-state index in [4.69, 9.17) is 5.11 Å². The van der Waals surface area contributed by atoms with Crippen LogP contribution < -0.4 is 5.32 Å². The van der Waals surface area contributed by atoms with Gasteiger partial charge in [-0.1, -0.05) is 19.9 Å². The van der Waals surface area contributed by atoms with Gasteiger partial charge in [0.2, 0.25) is 0 Å². The number of aromatic nitrogens is 1. The van der Waals surface area contributed by atoms with Gasteiger partial charge in [-0.05, 0) is 42.9 Å². The van der Waals surface area contributed by atoms with Gasteiger partial charge in [0, 0.05) is 35.8 Å². The molecular formula is C17H24N2O2. The summed E-state index contributed by atoms with van der Waals surface area (Å²) >= 11 is 0. The van der Waals surface area contributed by atoms with E-state index >= 15 is 0 Å². The minimum Gasteiger partial charge on any atom is -0.396 e. The average Bonchev–Trinajstić information content (AvgIpc) is 2.92. The molecule has 0 saturated carbocycles. The lowest BCUT2D eigenvalue weighted by atomic mass is 9.94. The van der Waals surface area contributed by atoms with E-state index in [0.717, 1.165) is 23.7 Å². The summed E-state index contributed by atoms with van der Waals surface area (Å²) < 4.78 is 0. The van der Waals surface area contributed by atoms with Gasteiger partial charge in [0.05, 0.1) is 0 Å². The maximum atomic E-state index is 12.4. The van der Waals surface area contributed by atoms with Gasteiger partial charge in [-0.3, -0.25) is 4.79 Å². The Bertz CT molecular complexity index is 589. The van der Waals surface area contributed by atoms with Crippen LogP contribution in [-0.2, 0) is 0 Å². The SMILES string of the molecule is CC(C)CC(CCO)CNC(=O)c1cccc2[nH]ccc12. The number of aromatic amines is 1. The van der Waals surface area contributed by atoms with Crippen molar-refractivity contribution in [2.75, 3.05) is 13.2 Å². The quantitative estimate of drug-likeness (QED) is 0.733. The topological polar surface area (TPSA) is 65.1 Å². The van der Waals surface area contributed by atoms with Crippen LogP contribution >= 0.6 is 0 Å². The Hall–Kier alpha value is -1.81. The second-order valence-electron chi connectivity index (χ2n) is 5.96. The van der Waals surface area contributed by atoms with E-state index in [0.29, 0.717) is 23.9 Å². The Balaban J connectivity index is 2.02. The van der Waals surface area contributed by atoms with Crippen LogP contribution in [0.4, 0.5) is 0 Å². The Morgan fingerprint density at radius 2 is 2.14 bits per heavy atom. The smallest absolute Gasteiger partial charge is 0.251 e. The number of hydrogen-bond donors (Lipinski definition) is 3. The van der Waals surface area contributed by atoms with Gasteiger partial charge in [-0.15, -0.1) is 0 Å². The number of aliphatic hydroxyl groups excluding tert-OH is 1. The average molecular weight is 288 g/mol. The monoisotopic (exact) mass is 288 g/mol. The molecule has 1 heterocycles. The molecule has 1 atom stereocenters. The van der Waals surface area contributed by atoms with Crippen LogP contribution in [0.2, 0.25) is 0 Å². The first-order chi connectivity index (χ1) is 10.1. The summed E-state index contributed by atoms with van der Waals surface area (Å²) in [6, 6.07) is 7.60. The van der Waals surface area contributed by atoms with Gasteiger partial charge in [0.15, 0.2) is 0 Å². The van der Waals surface area contributed by atoms with Gasteiger partial charge in [-0.25, -0.2) is 0 Å². The number of fused-ring (bicyclic) bond motifs is 1. The van der Waals surface area contributed by atoms with Gasteiger partial charge in [0.25, 0.3) is 5.91 Å². The van der Waals surface area contributed by atoms with Crippen LogP contribution in [0.3, 0.4) is 0 Å². The molecule has 0 bridgehead atoms. The van der Waals surface area contributed by atoms with Gasteiger partial charge >= 0.3 is 0 Å². The molecular weight excluding hydrogens is 264 g/mol. The zero-order valence-corrected chi connectivity index (χ0v) is 12.7. The number of amides is 1. The Kier molecular flexibility index (Phi) is 5.39. The first-order valence-electron chi connectivity index (χ1n) is 7.57. The first-order valence-corrected chi connectivity index (χ1v) is 7.57. The van der Waals surface area contributed by atoms with E-state index < -0.39 is 0 Å². The summed E-state index contributed by atoms with van der Waals surface area (Å²) in [6.45, 7) is 5.10. The zero-order chi connectivity index (χ0) is 15.2. The molecule has 1 aromatic carbocycles. The molecule has 0 aliphatic carbocycles. The van der Waals surface area contributed by atoms with Crippen molar-refractivity contribution in [3.05, 3.63) is 36.0 Å². The highest BCUT2D eigenvalue weighted by Gasteiger charge is 2.14. The van der Waals surface area contributed by atoms with Crippen molar-refractivity contribution < 1.29 is 9.90 Å². The standard InChI is InChI=1S/C17H24N2O2/c1-12(2)10-13(7-9-20)11-19-17(21)15-4-3-5-16-14(15)6-8-18-16/h3-6,8,12-13,18,20H,7,9-11H2,1-2H3,(H,19,21). The van der Waals surface area contributed by atoms with E-state index in [1.165, 1.54) is 0 Å². The van der Waals surface area contributed by atoms with Gasteiger partial charge < -0.3 is 15.4 Å². The molecule has 3 N–H and O–H groups in total. The lowest BCUT2D eigenvalue weighted by Crippen LogP contribution is -2.30. The number of carbonyl (C=O) groups is 1. The summed E-state index contributed by atoms with van der Waals surface area (Å²) in [5.74, 6) is 0.836. The van der Waals surface area contributed by atoms with Gasteiger partial charge in [-0.2, -0.15) is 0 Å². The highest BCUT2D eigenvalue weighted by atomic mass is 16.3. The van der Waals surface area contributed by atoms with E-state index in [1.54, 1.807) is 0 Å². The van der Waals surface area contributed by atoms with Crippen molar-refractivity contribution in [1.29, 1.82) is 0 Å². The normalized spacial score (nSPS) is 12.8. The minimum atomic E-state index is -0.0492. The number of aliphatic hydroxyl groups is 1. The maximum Gasteiger partial charge on any atom is 0.251 e. The number of rotatable bonds is 7. The highest BCUT2D eigenvalue weighted by Crippen LogP contribution is 2.18. The molecule has 0 fully saturated rings. The number of nitrogens with one attached hydrogen (secondary N) is 2.